The van der Waals surface area contributed by atoms with Gasteiger partial charge in [-0.05, 0) is 12.1 Å². The summed E-state index contributed by atoms with van der Waals surface area (Å²) in [5.74, 6) is -0.801. The Morgan fingerprint density at radius 2 is 1.34 bits per heavy atom. The van der Waals surface area contributed by atoms with Crippen LogP contribution in [0.2, 0.25) is 0 Å². The van der Waals surface area contributed by atoms with Crippen LogP contribution in [-0.4, -0.2) is 56.8 Å². The Kier molecular flexibility index (Phi) is 11.1. The molecule has 0 fully saturated rings. The Balaban J connectivity index is 2.86. The zero-order valence-electron chi connectivity index (χ0n) is 17.4. The van der Waals surface area contributed by atoms with Crippen LogP contribution in [0.4, 0.5) is 0 Å². The lowest BCUT2D eigenvalue weighted by atomic mass is 10.4. The topological polar surface area (TPSA) is 116 Å². The average molecular weight is 482 g/mol. The summed E-state index contributed by atoms with van der Waals surface area (Å²) in [5, 5.41) is 0.247. The van der Waals surface area contributed by atoms with Gasteiger partial charge in [-0.2, -0.15) is 0 Å². The van der Waals surface area contributed by atoms with Gasteiger partial charge in [0.25, 0.3) is 5.97 Å². The van der Waals surface area contributed by atoms with Crippen LogP contribution in [0.5, 0.6) is 0 Å². The summed E-state index contributed by atoms with van der Waals surface area (Å²) in [6.45, 7) is 6.77. The normalized spacial score (nSPS) is 14.2. The van der Waals surface area contributed by atoms with E-state index in [9.17, 15) is 23.4 Å². The fourth-order valence-electron chi connectivity index (χ4n) is 2.32. The Bertz CT molecular complexity index is 757. The molecule has 8 nitrogen and oxygen atoms in total. The van der Waals surface area contributed by atoms with Gasteiger partial charge in [0.2, 0.25) is 7.37 Å². The molecule has 0 spiro atoms. The number of rotatable bonds is 13. The van der Waals surface area contributed by atoms with Crippen molar-refractivity contribution in [1.82, 2.24) is 0 Å². The molecule has 1 aromatic rings. The van der Waals surface area contributed by atoms with Crippen LogP contribution in [0.15, 0.2) is 30.3 Å². The number of carbonyl (C=O) groups excluding carboxylic acids is 1. The molecule has 0 aliphatic rings. The summed E-state index contributed by atoms with van der Waals surface area (Å²) in [4.78, 5) is 22.5. The highest BCUT2D eigenvalue weighted by Gasteiger charge is 2.47. The lowest BCUT2D eigenvalue weighted by molar-refractivity contribution is -0.136. The Morgan fingerprint density at radius 1 is 0.897 bits per heavy atom. The minimum Gasteiger partial charge on any atom is -0.572 e. The lowest BCUT2D eigenvalue weighted by Gasteiger charge is -2.23. The SMILES string of the molecule is CCP(=O)(CC)[O][Al]([O]C(=O)CCP(=O)(O)c1ccccc1)[O]P(=O)(CC)CC. The van der Waals surface area contributed by atoms with Crippen molar-refractivity contribution in [3.63, 3.8) is 0 Å². The highest BCUT2D eigenvalue weighted by molar-refractivity contribution is 7.66. The van der Waals surface area contributed by atoms with Gasteiger partial charge < -0.3 is 15.8 Å². The molecule has 0 aromatic heterocycles. The monoisotopic (exact) mass is 482 g/mol. The quantitative estimate of drug-likeness (QED) is 0.329. The van der Waals surface area contributed by atoms with E-state index in [1.165, 1.54) is 12.1 Å². The first-order valence-corrected chi connectivity index (χ1v) is 16.9. The molecule has 0 radical (unpaired) electrons. The number of carbonyl (C=O) groups is 1. The second-order valence-electron chi connectivity index (χ2n) is 6.39. The molecule has 0 bridgehead atoms. The summed E-state index contributed by atoms with van der Waals surface area (Å²) in [6, 6.07) is 8.05. The molecule has 29 heavy (non-hydrogen) atoms. The molecule has 0 saturated heterocycles. The van der Waals surface area contributed by atoms with Crippen molar-refractivity contribution in [2.75, 3.05) is 30.8 Å². The summed E-state index contributed by atoms with van der Waals surface area (Å²) in [6.07, 6.45) is 0.276. The summed E-state index contributed by atoms with van der Waals surface area (Å²) >= 11 is -3.32. The molecule has 1 atom stereocenters. The van der Waals surface area contributed by atoms with E-state index in [2.05, 4.69) is 0 Å². The van der Waals surface area contributed by atoms with Crippen LogP contribution in [-0.2, 0) is 29.4 Å². The van der Waals surface area contributed by atoms with Crippen LogP contribution in [0.25, 0.3) is 0 Å². The lowest BCUT2D eigenvalue weighted by Crippen LogP contribution is -2.30. The van der Waals surface area contributed by atoms with Crippen LogP contribution in [0, 0.1) is 0 Å². The molecule has 1 N–H and O–H groups in total. The van der Waals surface area contributed by atoms with E-state index < -0.39 is 43.2 Å². The van der Waals surface area contributed by atoms with E-state index in [4.69, 9.17) is 10.9 Å². The Labute approximate surface area is 178 Å². The third-order valence-corrected chi connectivity index (χ3v) is 15.2. The molecule has 0 amide bonds. The molecule has 12 heteroatoms. The number of benzene rings is 1. The van der Waals surface area contributed by atoms with Gasteiger partial charge in [-0.15, -0.1) is 0 Å². The number of hydrogen-bond acceptors (Lipinski definition) is 7. The van der Waals surface area contributed by atoms with Gasteiger partial charge in [0, 0.05) is 36.1 Å². The molecule has 1 unspecified atom stereocenters. The van der Waals surface area contributed by atoms with E-state index in [1.807, 2.05) is 0 Å². The van der Waals surface area contributed by atoms with Crippen molar-refractivity contribution in [3.8, 4) is 0 Å². The maximum absolute atomic E-state index is 12.7. The van der Waals surface area contributed by atoms with Crippen molar-refractivity contribution in [2.24, 2.45) is 0 Å². The molecule has 0 aliphatic heterocycles. The average Bonchev–Trinajstić information content (AvgIpc) is 2.72. The Hall–Kier alpha value is -0.208. The van der Waals surface area contributed by atoms with Crippen LogP contribution >= 0.6 is 22.1 Å². The van der Waals surface area contributed by atoms with Crippen molar-refractivity contribution in [3.05, 3.63) is 30.3 Å². The van der Waals surface area contributed by atoms with Gasteiger partial charge in [-0.25, -0.2) is 0 Å². The minimum atomic E-state index is -3.72. The van der Waals surface area contributed by atoms with Gasteiger partial charge in [0.15, 0.2) is 14.7 Å². The van der Waals surface area contributed by atoms with E-state index in [-0.39, 0.29) is 42.5 Å². The third-order valence-electron chi connectivity index (χ3n) is 4.49. The number of hydrogen-bond donors (Lipinski definition) is 1. The summed E-state index contributed by atoms with van der Waals surface area (Å²) in [5.41, 5.74) is 0. The highest BCUT2D eigenvalue weighted by Crippen LogP contribution is 2.51. The fourth-order valence-corrected chi connectivity index (χ4v) is 10.7. The van der Waals surface area contributed by atoms with Gasteiger partial charge >= 0.3 is 15.1 Å². The maximum Gasteiger partial charge on any atom is 1.01 e. The second-order valence-corrected chi connectivity index (χ2v) is 17.0. The second kappa shape index (κ2) is 12.0. The Morgan fingerprint density at radius 3 is 1.76 bits per heavy atom. The standard InChI is InChI=1S/C9H11O4P.2C4H11O2P.Al/c10-9(11)6-7-14(12,13)8-4-2-1-3-5-8;2*1-3-7(5,6)4-2;/h1-5H,6-7H2,(H,10,11)(H,12,13);2*3-4H2,1-2H3,(H,5,6);/q;;;+3/p-3. The van der Waals surface area contributed by atoms with E-state index in [0.29, 0.717) is 0 Å². The van der Waals surface area contributed by atoms with Crippen molar-refractivity contribution < 1.29 is 34.3 Å². The maximum atomic E-state index is 12.7. The molecule has 164 valence electrons. The van der Waals surface area contributed by atoms with Crippen LogP contribution in [0.1, 0.15) is 34.1 Å². The zero-order chi connectivity index (χ0) is 22.1. The van der Waals surface area contributed by atoms with Gasteiger partial charge in [-0.3, -0.25) is 18.5 Å². The van der Waals surface area contributed by atoms with Gasteiger partial charge in [0.05, 0.1) is 6.42 Å². The third kappa shape index (κ3) is 8.82. The largest absolute Gasteiger partial charge is 1.01 e. The molecule has 1 rings (SSSR count). The molecular formula is C17H30AlO8P3. The van der Waals surface area contributed by atoms with Gasteiger partial charge in [-0.1, -0.05) is 45.9 Å². The van der Waals surface area contributed by atoms with Crippen LogP contribution in [0.3, 0.4) is 0 Å². The fraction of sp³-hybridized carbons (Fsp3) is 0.588. The van der Waals surface area contributed by atoms with Crippen molar-refractivity contribution in [2.45, 2.75) is 34.1 Å². The van der Waals surface area contributed by atoms with Crippen LogP contribution < -0.4 is 5.30 Å². The van der Waals surface area contributed by atoms with E-state index in [0.717, 1.165) is 0 Å². The van der Waals surface area contributed by atoms with Crippen molar-refractivity contribution in [1.29, 1.82) is 0 Å². The first-order valence-electron chi connectivity index (χ1n) is 9.63. The molecule has 0 heterocycles. The van der Waals surface area contributed by atoms with Crippen molar-refractivity contribution >= 4 is 48.5 Å². The molecule has 1 aromatic carbocycles. The molecule has 0 aliphatic carbocycles. The van der Waals surface area contributed by atoms with E-state index >= 15 is 0 Å². The first-order chi connectivity index (χ1) is 13.5. The molecule has 0 saturated carbocycles. The summed E-state index contributed by atoms with van der Waals surface area (Å²) < 4.78 is 54.2. The minimum absolute atomic E-state index is 0.232. The molecular weight excluding hydrogens is 452 g/mol. The smallest absolute Gasteiger partial charge is 0.572 e. The predicted octanol–water partition coefficient (Wildman–Crippen LogP) is 4.17. The van der Waals surface area contributed by atoms with Gasteiger partial charge in [0.1, 0.15) is 0 Å². The predicted molar refractivity (Wildman–Crippen MR) is 117 cm³/mol. The zero-order valence-corrected chi connectivity index (χ0v) is 21.2. The van der Waals surface area contributed by atoms with E-state index in [1.54, 1.807) is 45.9 Å². The first kappa shape index (κ1) is 26.8. The summed E-state index contributed by atoms with van der Waals surface area (Å²) in [7, 11) is -9.85. The highest BCUT2D eigenvalue weighted by atomic mass is 31.2.